The quantitative estimate of drug-likeness (QED) is 0.629. The molecule has 8 nitrogen and oxygen atoms in total. The normalized spacial score (nSPS) is 10.3. The number of aromatic nitrogens is 2. The van der Waals surface area contributed by atoms with Crippen LogP contribution >= 0.6 is 23.4 Å². The molecular formula is C13H11ClN4O4S. The Hall–Kier alpha value is -2.39. The summed E-state index contributed by atoms with van der Waals surface area (Å²) in [6, 6.07) is 4.72. The summed E-state index contributed by atoms with van der Waals surface area (Å²) in [5, 5.41) is 13.1. The molecule has 1 aromatic carbocycles. The zero-order valence-electron chi connectivity index (χ0n) is 11.8. The molecular weight excluding hydrogens is 344 g/mol. The van der Waals surface area contributed by atoms with Gasteiger partial charge in [-0.15, -0.1) is 0 Å². The van der Waals surface area contributed by atoms with Crippen LogP contribution in [-0.4, -0.2) is 27.1 Å². The maximum atomic E-state index is 12.2. The third-order valence-corrected chi connectivity index (χ3v) is 3.59. The maximum Gasteiger partial charge on any atom is 0.274 e. The van der Waals surface area contributed by atoms with E-state index in [1.807, 2.05) is 6.26 Å². The molecule has 0 aliphatic rings. The number of non-ortho nitro benzene ring substituents is 1. The molecule has 0 atom stereocenters. The molecule has 0 aliphatic heterocycles. The van der Waals surface area contributed by atoms with Crippen LogP contribution in [0.4, 0.5) is 11.4 Å². The van der Waals surface area contributed by atoms with Gasteiger partial charge >= 0.3 is 0 Å². The average Bonchev–Trinajstić information content (AvgIpc) is 2.48. The number of H-pyrrole nitrogens is 1. The van der Waals surface area contributed by atoms with E-state index in [0.717, 1.165) is 12.1 Å². The number of rotatable bonds is 5. The molecule has 1 amide bonds. The Morgan fingerprint density at radius 2 is 2.22 bits per heavy atom. The van der Waals surface area contributed by atoms with Crippen molar-refractivity contribution in [1.29, 1.82) is 0 Å². The number of nitro groups is 1. The zero-order valence-corrected chi connectivity index (χ0v) is 13.4. The summed E-state index contributed by atoms with van der Waals surface area (Å²) in [7, 11) is 0. The molecule has 120 valence electrons. The maximum absolute atomic E-state index is 12.2. The number of benzene rings is 1. The van der Waals surface area contributed by atoms with Crippen molar-refractivity contribution in [2.45, 2.75) is 5.75 Å². The fourth-order valence-electron chi connectivity index (χ4n) is 1.73. The van der Waals surface area contributed by atoms with Crippen LogP contribution in [0.1, 0.15) is 16.3 Å². The lowest BCUT2D eigenvalue weighted by Gasteiger charge is -2.07. The van der Waals surface area contributed by atoms with Gasteiger partial charge in [-0.05, 0) is 12.3 Å². The Kier molecular flexibility index (Phi) is 5.35. The highest BCUT2D eigenvalue weighted by Crippen LogP contribution is 2.26. The van der Waals surface area contributed by atoms with Gasteiger partial charge in [0.2, 0.25) is 0 Å². The minimum atomic E-state index is -0.630. The number of thioether (sulfide) groups is 1. The summed E-state index contributed by atoms with van der Waals surface area (Å²) in [6.07, 6.45) is 1.84. The summed E-state index contributed by atoms with van der Waals surface area (Å²) >= 11 is 7.35. The molecule has 1 heterocycles. The van der Waals surface area contributed by atoms with Crippen LogP contribution in [0.2, 0.25) is 5.02 Å². The lowest BCUT2D eigenvalue weighted by Crippen LogP contribution is -2.20. The largest absolute Gasteiger partial charge is 0.319 e. The van der Waals surface area contributed by atoms with E-state index in [-0.39, 0.29) is 22.1 Å². The number of aromatic amines is 1. The summed E-state index contributed by atoms with van der Waals surface area (Å²) in [4.78, 5) is 40.4. The Bertz CT molecular complexity index is 824. The summed E-state index contributed by atoms with van der Waals surface area (Å²) in [5.41, 5.74) is -0.503. The third kappa shape index (κ3) is 4.30. The summed E-state index contributed by atoms with van der Waals surface area (Å²) in [5.74, 6) is 0.202. The van der Waals surface area contributed by atoms with Crippen molar-refractivity contribution < 1.29 is 9.72 Å². The first kappa shape index (κ1) is 17.0. The van der Waals surface area contributed by atoms with Crippen molar-refractivity contribution in [2.75, 3.05) is 11.6 Å². The molecule has 0 bridgehead atoms. The molecule has 0 unspecified atom stereocenters. The molecule has 0 spiro atoms. The van der Waals surface area contributed by atoms with Crippen molar-refractivity contribution in [1.82, 2.24) is 9.97 Å². The number of carbonyl (C=O) groups is 1. The molecule has 0 saturated heterocycles. The Labute approximate surface area is 139 Å². The van der Waals surface area contributed by atoms with Gasteiger partial charge in [-0.2, -0.15) is 11.8 Å². The van der Waals surface area contributed by atoms with E-state index in [4.69, 9.17) is 11.6 Å². The first-order valence-electron chi connectivity index (χ1n) is 6.25. The Morgan fingerprint density at radius 3 is 2.83 bits per heavy atom. The molecule has 1 aromatic heterocycles. The van der Waals surface area contributed by atoms with Crippen LogP contribution in [-0.2, 0) is 5.75 Å². The predicted octanol–water partition coefficient (Wildman–Crippen LogP) is 2.45. The van der Waals surface area contributed by atoms with E-state index in [0.29, 0.717) is 11.6 Å². The fraction of sp³-hybridized carbons (Fsp3) is 0.154. The van der Waals surface area contributed by atoms with Crippen molar-refractivity contribution in [3.63, 3.8) is 0 Å². The molecule has 2 aromatic rings. The highest BCUT2D eigenvalue weighted by molar-refractivity contribution is 7.97. The number of halogens is 1. The summed E-state index contributed by atoms with van der Waals surface area (Å²) < 4.78 is 0. The molecule has 2 N–H and O–H groups in total. The van der Waals surface area contributed by atoms with Crippen LogP contribution in [0.15, 0.2) is 29.1 Å². The molecule has 0 aliphatic carbocycles. The van der Waals surface area contributed by atoms with Crippen molar-refractivity contribution in [2.24, 2.45) is 0 Å². The van der Waals surface area contributed by atoms with E-state index in [1.165, 1.54) is 23.9 Å². The first-order valence-corrected chi connectivity index (χ1v) is 8.02. The smallest absolute Gasteiger partial charge is 0.274 e. The van der Waals surface area contributed by atoms with Gasteiger partial charge in [0, 0.05) is 18.2 Å². The van der Waals surface area contributed by atoms with E-state index in [9.17, 15) is 19.7 Å². The minimum Gasteiger partial charge on any atom is -0.319 e. The topological polar surface area (TPSA) is 118 Å². The van der Waals surface area contributed by atoms with Gasteiger partial charge in [0.25, 0.3) is 17.2 Å². The standard InChI is InChI=1S/C13H11ClN4O4S/c1-23-6-11-15-10(5-12(19)17-11)13(20)16-9-3-2-7(18(21)22)4-8(9)14/h2-5H,6H2,1H3,(H,16,20)(H,15,17,19). The van der Waals surface area contributed by atoms with Crippen molar-refractivity contribution in [3.8, 4) is 0 Å². The Morgan fingerprint density at radius 1 is 1.48 bits per heavy atom. The van der Waals surface area contributed by atoms with Crippen LogP contribution in [0.5, 0.6) is 0 Å². The lowest BCUT2D eigenvalue weighted by atomic mass is 10.2. The van der Waals surface area contributed by atoms with Crippen molar-refractivity contribution >= 4 is 40.6 Å². The number of hydrogen-bond donors (Lipinski definition) is 2. The monoisotopic (exact) mass is 354 g/mol. The lowest BCUT2D eigenvalue weighted by molar-refractivity contribution is -0.384. The van der Waals surface area contributed by atoms with E-state index in [2.05, 4.69) is 15.3 Å². The number of carbonyl (C=O) groups excluding carboxylic acids is 1. The van der Waals surface area contributed by atoms with Crippen LogP contribution < -0.4 is 10.9 Å². The molecule has 10 heteroatoms. The van der Waals surface area contributed by atoms with E-state index < -0.39 is 16.4 Å². The number of anilines is 1. The second-order valence-corrected chi connectivity index (χ2v) is 5.66. The summed E-state index contributed by atoms with van der Waals surface area (Å²) in [6.45, 7) is 0. The zero-order chi connectivity index (χ0) is 17.0. The van der Waals surface area contributed by atoms with Crippen molar-refractivity contribution in [3.05, 3.63) is 61.3 Å². The van der Waals surface area contributed by atoms with Gasteiger partial charge in [0.1, 0.15) is 11.5 Å². The van der Waals surface area contributed by atoms with Crippen LogP contribution in [0, 0.1) is 10.1 Å². The fourth-order valence-corrected chi connectivity index (χ4v) is 2.37. The molecule has 0 radical (unpaired) electrons. The van der Waals surface area contributed by atoms with Gasteiger partial charge in [0.15, 0.2) is 0 Å². The SMILES string of the molecule is CSCc1nc(C(=O)Nc2ccc([N+](=O)[O-])cc2Cl)cc(=O)[nH]1. The average molecular weight is 355 g/mol. The Balaban J connectivity index is 2.25. The van der Waals surface area contributed by atoms with Gasteiger partial charge in [-0.25, -0.2) is 4.98 Å². The number of amides is 1. The molecule has 0 saturated carbocycles. The first-order chi connectivity index (χ1) is 10.9. The molecule has 0 fully saturated rings. The third-order valence-electron chi connectivity index (χ3n) is 2.72. The number of nitrogens with zero attached hydrogens (tertiary/aromatic N) is 2. The number of nitrogens with one attached hydrogen (secondary N) is 2. The predicted molar refractivity (Wildman–Crippen MR) is 88.1 cm³/mol. The van der Waals surface area contributed by atoms with E-state index in [1.54, 1.807) is 0 Å². The van der Waals surface area contributed by atoms with Gasteiger partial charge in [-0.3, -0.25) is 19.7 Å². The molecule has 23 heavy (non-hydrogen) atoms. The second kappa shape index (κ2) is 7.25. The van der Waals surface area contributed by atoms with Crippen LogP contribution in [0.3, 0.4) is 0 Å². The van der Waals surface area contributed by atoms with Gasteiger partial charge in [-0.1, -0.05) is 11.6 Å². The number of hydrogen-bond acceptors (Lipinski definition) is 6. The van der Waals surface area contributed by atoms with Gasteiger partial charge in [0.05, 0.1) is 21.4 Å². The highest BCUT2D eigenvalue weighted by atomic mass is 35.5. The van der Waals surface area contributed by atoms with E-state index >= 15 is 0 Å². The second-order valence-electron chi connectivity index (χ2n) is 4.39. The minimum absolute atomic E-state index is 0.0155. The van der Waals surface area contributed by atoms with Crippen LogP contribution in [0.25, 0.3) is 0 Å². The number of nitro benzene ring substituents is 1. The molecule has 2 rings (SSSR count). The van der Waals surface area contributed by atoms with Gasteiger partial charge < -0.3 is 10.3 Å². The highest BCUT2D eigenvalue weighted by Gasteiger charge is 2.14.